The fourth-order valence-electron chi connectivity index (χ4n) is 1.98. The summed E-state index contributed by atoms with van der Waals surface area (Å²) in [6, 6.07) is 11.1. The number of benzene rings is 2. The minimum absolute atomic E-state index is 0.0882. The lowest BCUT2D eigenvalue weighted by Crippen LogP contribution is -2.03. The fraction of sp³-hybridized carbons (Fsp3) is 0.200. The van der Waals surface area contributed by atoms with E-state index in [2.05, 4.69) is 41.2 Å². The van der Waals surface area contributed by atoms with Gasteiger partial charge in [0, 0.05) is 18.3 Å². The number of halogens is 1. The van der Waals surface area contributed by atoms with Crippen molar-refractivity contribution in [1.29, 1.82) is 0 Å². The van der Waals surface area contributed by atoms with E-state index in [1.54, 1.807) is 6.07 Å². The van der Waals surface area contributed by atoms with Gasteiger partial charge in [-0.05, 0) is 52.5 Å². The van der Waals surface area contributed by atoms with E-state index in [0.29, 0.717) is 11.0 Å². The first kappa shape index (κ1) is 14.5. The molecule has 5 heteroatoms. The largest absolute Gasteiger partial charge is 0.381 e. The van der Waals surface area contributed by atoms with Crippen LogP contribution in [0.2, 0.25) is 0 Å². The summed E-state index contributed by atoms with van der Waals surface area (Å²) in [4.78, 5) is 10.5. The third-order valence-corrected chi connectivity index (χ3v) is 4.24. The Bertz CT molecular complexity index is 656. The minimum atomic E-state index is -0.383. The molecule has 0 aliphatic heterocycles. The van der Waals surface area contributed by atoms with Crippen molar-refractivity contribution >= 4 is 27.3 Å². The molecule has 0 saturated carbocycles. The molecular formula is C15H15BrN2O2. The van der Waals surface area contributed by atoms with Gasteiger partial charge in [-0.1, -0.05) is 24.3 Å². The smallest absolute Gasteiger partial charge is 0.283 e. The number of nitro groups is 1. The van der Waals surface area contributed by atoms with Crippen molar-refractivity contribution in [1.82, 2.24) is 0 Å². The second-order valence-electron chi connectivity index (χ2n) is 4.61. The van der Waals surface area contributed by atoms with Crippen LogP contribution in [0.4, 0.5) is 11.4 Å². The average molecular weight is 335 g/mol. The van der Waals surface area contributed by atoms with E-state index < -0.39 is 0 Å². The van der Waals surface area contributed by atoms with Crippen molar-refractivity contribution < 1.29 is 4.92 Å². The minimum Gasteiger partial charge on any atom is -0.381 e. The Morgan fingerprint density at radius 2 is 1.90 bits per heavy atom. The van der Waals surface area contributed by atoms with E-state index in [9.17, 15) is 10.1 Å². The summed E-state index contributed by atoms with van der Waals surface area (Å²) in [7, 11) is 0. The first-order valence-electron chi connectivity index (χ1n) is 6.22. The Balaban J connectivity index is 2.21. The van der Waals surface area contributed by atoms with Crippen molar-refractivity contribution in [3.63, 3.8) is 0 Å². The Morgan fingerprint density at radius 3 is 2.60 bits per heavy atom. The van der Waals surface area contributed by atoms with E-state index in [1.807, 2.05) is 18.2 Å². The topological polar surface area (TPSA) is 55.2 Å². The number of nitrogens with zero attached hydrogens (tertiary/aromatic N) is 1. The van der Waals surface area contributed by atoms with E-state index in [-0.39, 0.29) is 10.6 Å². The van der Waals surface area contributed by atoms with Gasteiger partial charge >= 0.3 is 0 Å². The molecule has 0 fully saturated rings. The van der Waals surface area contributed by atoms with Gasteiger partial charge in [0.25, 0.3) is 5.69 Å². The Labute approximate surface area is 126 Å². The highest BCUT2D eigenvalue weighted by atomic mass is 79.9. The van der Waals surface area contributed by atoms with Crippen molar-refractivity contribution in [3.8, 4) is 0 Å². The third kappa shape index (κ3) is 2.99. The zero-order valence-electron chi connectivity index (χ0n) is 11.3. The van der Waals surface area contributed by atoms with Gasteiger partial charge in [0.1, 0.15) is 4.47 Å². The van der Waals surface area contributed by atoms with Gasteiger partial charge in [0.2, 0.25) is 0 Å². The Kier molecular flexibility index (Phi) is 4.39. The Morgan fingerprint density at radius 1 is 1.20 bits per heavy atom. The molecule has 0 spiro atoms. The van der Waals surface area contributed by atoms with Crippen LogP contribution in [-0.4, -0.2) is 4.92 Å². The second kappa shape index (κ2) is 6.05. The van der Waals surface area contributed by atoms with Gasteiger partial charge in [-0.25, -0.2) is 0 Å². The lowest BCUT2D eigenvalue weighted by atomic mass is 10.1. The van der Waals surface area contributed by atoms with Crippen molar-refractivity contribution in [2.24, 2.45) is 0 Å². The monoisotopic (exact) mass is 334 g/mol. The van der Waals surface area contributed by atoms with Gasteiger partial charge in [-0.3, -0.25) is 10.1 Å². The van der Waals surface area contributed by atoms with Crippen LogP contribution in [0.3, 0.4) is 0 Å². The van der Waals surface area contributed by atoms with Crippen LogP contribution in [0.25, 0.3) is 0 Å². The summed E-state index contributed by atoms with van der Waals surface area (Å²) in [6.07, 6.45) is 0. The molecule has 0 heterocycles. The number of nitro benzene ring substituents is 1. The number of hydrogen-bond donors (Lipinski definition) is 1. The molecular weight excluding hydrogens is 320 g/mol. The summed E-state index contributed by atoms with van der Waals surface area (Å²) in [6.45, 7) is 4.65. The molecule has 0 saturated heterocycles. The number of aryl methyl sites for hydroxylation is 1. The molecule has 0 amide bonds. The van der Waals surface area contributed by atoms with E-state index >= 15 is 0 Å². The highest BCUT2D eigenvalue weighted by Crippen LogP contribution is 2.29. The lowest BCUT2D eigenvalue weighted by molar-refractivity contribution is -0.385. The van der Waals surface area contributed by atoms with Crippen molar-refractivity contribution in [2.45, 2.75) is 20.4 Å². The predicted molar refractivity (Wildman–Crippen MR) is 84.0 cm³/mol. The molecule has 0 aliphatic carbocycles. The van der Waals surface area contributed by atoms with E-state index in [0.717, 1.165) is 11.3 Å². The van der Waals surface area contributed by atoms with Crippen LogP contribution < -0.4 is 5.32 Å². The summed E-state index contributed by atoms with van der Waals surface area (Å²) < 4.78 is 0.530. The average Bonchev–Trinajstić information content (AvgIpc) is 2.41. The van der Waals surface area contributed by atoms with Gasteiger partial charge in [-0.15, -0.1) is 0 Å². The SMILES string of the molecule is Cc1cccc(NCc2cccc([N+](=O)[O-])c2Br)c1C. The fourth-order valence-corrected chi connectivity index (χ4v) is 2.53. The highest BCUT2D eigenvalue weighted by Gasteiger charge is 2.14. The van der Waals surface area contributed by atoms with E-state index in [4.69, 9.17) is 0 Å². The summed E-state index contributed by atoms with van der Waals surface area (Å²) in [5.41, 5.74) is 4.40. The quantitative estimate of drug-likeness (QED) is 0.657. The predicted octanol–water partition coefficient (Wildman–Crippen LogP) is 4.59. The maximum Gasteiger partial charge on any atom is 0.283 e. The van der Waals surface area contributed by atoms with E-state index in [1.165, 1.54) is 17.2 Å². The third-order valence-electron chi connectivity index (χ3n) is 3.33. The van der Waals surface area contributed by atoms with Crippen LogP contribution in [0.15, 0.2) is 40.9 Å². The number of anilines is 1. The molecule has 4 nitrogen and oxygen atoms in total. The van der Waals surface area contributed by atoms with Crippen LogP contribution in [-0.2, 0) is 6.54 Å². The van der Waals surface area contributed by atoms with Gasteiger partial charge in [0.15, 0.2) is 0 Å². The van der Waals surface area contributed by atoms with Crippen LogP contribution in [0, 0.1) is 24.0 Å². The Hall–Kier alpha value is -1.88. The standard InChI is InChI=1S/C15H15BrN2O2/c1-10-5-3-7-13(11(10)2)17-9-12-6-4-8-14(15(12)16)18(19)20/h3-8,17H,9H2,1-2H3. The molecule has 0 atom stereocenters. The molecule has 0 aromatic heterocycles. The van der Waals surface area contributed by atoms with Crippen LogP contribution in [0.5, 0.6) is 0 Å². The number of rotatable bonds is 4. The van der Waals surface area contributed by atoms with Gasteiger partial charge in [0.05, 0.1) is 4.92 Å². The summed E-state index contributed by atoms with van der Waals surface area (Å²) in [5, 5.41) is 14.2. The number of nitrogens with one attached hydrogen (secondary N) is 1. The zero-order chi connectivity index (χ0) is 14.7. The first-order chi connectivity index (χ1) is 9.50. The normalized spacial score (nSPS) is 10.3. The molecule has 2 aromatic carbocycles. The maximum absolute atomic E-state index is 10.9. The maximum atomic E-state index is 10.9. The zero-order valence-corrected chi connectivity index (χ0v) is 12.9. The van der Waals surface area contributed by atoms with Crippen LogP contribution >= 0.6 is 15.9 Å². The molecule has 0 aliphatic rings. The first-order valence-corrected chi connectivity index (χ1v) is 7.02. The van der Waals surface area contributed by atoms with Crippen molar-refractivity contribution in [2.75, 3.05) is 5.32 Å². The van der Waals surface area contributed by atoms with Gasteiger partial charge in [-0.2, -0.15) is 0 Å². The van der Waals surface area contributed by atoms with Crippen molar-refractivity contribution in [3.05, 3.63) is 67.7 Å². The molecule has 104 valence electrons. The molecule has 0 bridgehead atoms. The number of hydrogen-bond acceptors (Lipinski definition) is 3. The summed E-state index contributed by atoms with van der Waals surface area (Å²) >= 11 is 3.31. The summed E-state index contributed by atoms with van der Waals surface area (Å²) in [5.74, 6) is 0. The molecule has 0 unspecified atom stereocenters. The molecule has 2 rings (SSSR count). The van der Waals surface area contributed by atoms with Crippen LogP contribution in [0.1, 0.15) is 16.7 Å². The second-order valence-corrected chi connectivity index (χ2v) is 5.40. The molecule has 2 aromatic rings. The molecule has 1 N–H and O–H groups in total. The highest BCUT2D eigenvalue weighted by molar-refractivity contribution is 9.10. The molecule has 20 heavy (non-hydrogen) atoms. The van der Waals surface area contributed by atoms with Gasteiger partial charge < -0.3 is 5.32 Å². The lowest BCUT2D eigenvalue weighted by Gasteiger charge is -2.12. The molecule has 0 radical (unpaired) electrons.